The SMILES string of the molecule is CCO[C@@H](CC(=O)OC)c1ccc(OCc2cccc(-c3c(C)cc(OC[C@H]4CCC(=O)N4)cc3C)c2)cc1. The highest BCUT2D eigenvalue weighted by atomic mass is 16.5. The molecule has 206 valence electrons. The van der Waals surface area contributed by atoms with Crippen molar-refractivity contribution in [3.05, 3.63) is 82.9 Å². The van der Waals surface area contributed by atoms with Gasteiger partial charge in [-0.3, -0.25) is 9.59 Å². The highest BCUT2D eigenvalue weighted by Gasteiger charge is 2.21. The molecule has 0 bridgehead atoms. The fourth-order valence-corrected chi connectivity index (χ4v) is 4.93. The predicted molar refractivity (Wildman–Crippen MR) is 150 cm³/mol. The van der Waals surface area contributed by atoms with Crippen LogP contribution in [0.1, 0.15) is 54.5 Å². The van der Waals surface area contributed by atoms with E-state index in [1.165, 1.54) is 12.7 Å². The highest BCUT2D eigenvalue weighted by molar-refractivity contribution is 5.78. The summed E-state index contributed by atoms with van der Waals surface area (Å²) in [6.07, 6.45) is 1.21. The maximum atomic E-state index is 11.7. The third kappa shape index (κ3) is 7.60. The van der Waals surface area contributed by atoms with Crippen molar-refractivity contribution in [1.29, 1.82) is 0 Å². The summed E-state index contributed by atoms with van der Waals surface area (Å²) in [5.74, 6) is 1.35. The normalized spacial score (nSPS) is 15.5. The largest absolute Gasteiger partial charge is 0.491 e. The van der Waals surface area contributed by atoms with Crippen LogP contribution in [0.5, 0.6) is 11.5 Å². The molecule has 4 rings (SSSR count). The molecule has 1 aliphatic heterocycles. The first kappa shape index (κ1) is 28.2. The molecular formula is C32H37NO6. The van der Waals surface area contributed by atoms with Gasteiger partial charge in [0, 0.05) is 13.0 Å². The van der Waals surface area contributed by atoms with Gasteiger partial charge in [0.25, 0.3) is 0 Å². The molecule has 0 spiro atoms. The van der Waals surface area contributed by atoms with Crippen molar-refractivity contribution in [2.24, 2.45) is 0 Å². The fourth-order valence-electron chi connectivity index (χ4n) is 4.93. The average molecular weight is 532 g/mol. The molecule has 1 heterocycles. The van der Waals surface area contributed by atoms with Crippen LogP contribution >= 0.6 is 0 Å². The van der Waals surface area contributed by atoms with E-state index in [9.17, 15) is 9.59 Å². The average Bonchev–Trinajstić information content (AvgIpc) is 3.35. The fraction of sp³-hybridized carbons (Fsp3) is 0.375. The molecule has 39 heavy (non-hydrogen) atoms. The summed E-state index contributed by atoms with van der Waals surface area (Å²) < 4.78 is 22.6. The van der Waals surface area contributed by atoms with Crippen molar-refractivity contribution in [1.82, 2.24) is 5.32 Å². The molecule has 7 heteroatoms. The van der Waals surface area contributed by atoms with Crippen LogP contribution in [-0.4, -0.2) is 38.2 Å². The van der Waals surface area contributed by atoms with Gasteiger partial charge >= 0.3 is 5.97 Å². The molecule has 0 unspecified atom stereocenters. The number of amides is 1. The number of carbonyl (C=O) groups excluding carboxylic acids is 2. The Kier molecular flexibility index (Phi) is 9.60. The van der Waals surface area contributed by atoms with Gasteiger partial charge in [-0.05, 0) is 90.9 Å². The molecule has 0 saturated carbocycles. The lowest BCUT2D eigenvalue weighted by molar-refractivity contribution is -0.144. The topological polar surface area (TPSA) is 83.1 Å². The summed E-state index contributed by atoms with van der Waals surface area (Å²) in [4.78, 5) is 23.2. The molecule has 3 aromatic rings. The zero-order valence-corrected chi connectivity index (χ0v) is 23.1. The van der Waals surface area contributed by atoms with Crippen molar-refractivity contribution in [2.75, 3.05) is 20.3 Å². The number of hydrogen-bond acceptors (Lipinski definition) is 6. The number of methoxy groups -OCH3 is 1. The molecule has 0 aliphatic carbocycles. The third-order valence-corrected chi connectivity index (χ3v) is 6.86. The Hall–Kier alpha value is -3.84. The summed E-state index contributed by atoms with van der Waals surface area (Å²) in [7, 11) is 1.38. The van der Waals surface area contributed by atoms with E-state index in [1.54, 1.807) is 0 Å². The van der Waals surface area contributed by atoms with Gasteiger partial charge in [0.2, 0.25) is 5.91 Å². The Labute approximate surface area is 230 Å². The maximum absolute atomic E-state index is 11.7. The van der Waals surface area contributed by atoms with Crippen molar-refractivity contribution in [3.8, 4) is 22.6 Å². The van der Waals surface area contributed by atoms with E-state index in [0.29, 0.717) is 26.2 Å². The number of benzene rings is 3. The first-order valence-corrected chi connectivity index (χ1v) is 13.4. The van der Waals surface area contributed by atoms with Crippen LogP contribution in [-0.2, 0) is 25.7 Å². The van der Waals surface area contributed by atoms with E-state index < -0.39 is 0 Å². The van der Waals surface area contributed by atoms with Gasteiger partial charge < -0.3 is 24.3 Å². The van der Waals surface area contributed by atoms with Gasteiger partial charge in [-0.2, -0.15) is 0 Å². The Morgan fingerprint density at radius 1 is 1.00 bits per heavy atom. The first-order chi connectivity index (χ1) is 18.9. The van der Waals surface area contributed by atoms with Crippen LogP contribution in [0.2, 0.25) is 0 Å². The number of aryl methyl sites for hydroxylation is 2. The maximum Gasteiger partial charge on any atom is 0.308 e. The number of rotatable bonds is 12. The highest BCUT2D eigenvalue weighted by Crippen LogP contribution is 2.32. The Bertz CT molecular complexity index is 1260. The first-order valence-electron chi connectivity index (χ1n) is 13.4. The molecule has 1 fully saturated rings. The summed E-state index contributed by atoms with van der Waals surface area (Å²) in [6, 6.07) is 20.2. The number of hydrogen-bond donors (Lipinski definition) is 1. The van der Waals surface area contributed by atoms with Gasteiger partial charge in [-0.25, -0.2) is 0 Å². The summed E-state index contributed by atoms with van der Waals surface area (Å²) in [6.45, 7) is 7.50. The number of esters is 1. The second-order valence-corrected chi connectivity index (χ2v) is 9.83. The molecule has 0 aromatic heterocycles. The molecular weight excluding hydrogens is 494 g/mol. The van der Waals surface area contributed by atoms with Crippen molar-refractivity contribution in [2.45, 2.75) is 58.8 Å². The second kappa shape index (κ2) is 13.3. The van der Waals surface area contributed by atoms with Gasteiger partial charge in [0.05, 0.1) is 25.7 Å². The zero-order chi connectivity index (χ0) is 27.8. The minimum absolute atomic E-state index is 0.0802. The zero-order valence-electron chi connectivity index (χ0n) is 23.1. The monoisotopic (exact) mass is 531 g/mol. The summed E-state index contributed by atoms with van der Waals surface area (Å²) in [5.41, 5.74) is 6.53. The van der Waals surface area contributed by atoms with Gasteiger partial charge in [-0.1, -0.05) is 30.3 Å². The summed E-state index contributed by atoms with van der Waals surface area (Å²) >= 11 is 0. The van der Waals surface area contributed by atoms with Crippen LogP contribution < -0.4 is 14.8 Å². The lowest BCUT2D eigenvalue weighted by atomic mass is 9.94. The molecule has 0 radical (unpaired) electrons. The van der Waals surface area contributed by atoms with Crippen molar-refractivity contribution < 1.29 is 28.5 Å². The molecule has 3 aromatic carbocycles. The second-order valence-electron chi connectivity index (χ2n) is 9.83. The van der Waals surface area contributed by atoms with E-state index in [-0.39, 0.29) is 30.4 Å². The van der Waals surface area contributed by atoms with Crippen LogP contribution in [0.15, 0.2) is 60.7 Å². The Morgan fingerprint density at radius 3 is 2.38 bits per heavy atom. The number of ether oxygens (including phenoxy) is 4. The smallest absolute Gasteiger partial charge is 0.308 e. The van der Waals surface area contributed by atoms with E-state index >= 15 is 0 Å². The van der Waals surface area contributed by atoms with Crippen molar-refractivity contribution in [3.63, 3.8) is 0 Å². The standard InChI is InChI=1S/C32H37NO6/c1-5-37-29(18-31(35)36-4)24-9-12-27(13-10-24)38-19-23-7-6-8-25(17-23)32-21(2)15-28(16-22(32)3)39-20-26-11-14-30(34)33-26/h6-10,12-13,15-17,26,29H,5,11,14,18-20H2,1-4H3,(H,33,34)/t26-,29+/m1/s1. The molecule has 2 atom stereocenters. The quantitative estimate of drug-likeness (QED) is 0.295. The van der Waals surface area contributed by atoms with Gasteiger partial charge in [0.15, 0.2) is 0 Å². The van der Waals surface area contributed by atoms with Crippen LogP contribution in [0.4, 0.5) is 0 Å². The third-order valence-electron chi connectivity index (χ3n) is 6.86. The minimum Gasteiger partial charge on any atom is -0.491 e. The minimum atomic E-state index is -0.347. The molecule has 1 aliphatic rings. The molecule has 7 nitrogen and oxygen atoms in total. The van der Waals surface area contributed by atoms with Crippen molar-refractivity contribution >= 4 is 11.9 Å². The summed E-state index contributed by atoms with van der Waals surface area (Å²) in [5, 5.41) is 2.94. The van der Waals surface area contributed by atoms with Crippen LogP contribution in [0.3, 0.4) is 0 Å². The lowest BCUT2D eigenvalue weighted by Gasteiger charge is -2.17. The van der Waals surface area contributed by atoms with Gasteiger partial charge in [0.1, 0.15) is 24.7 Å². The molecule has 1 amide bonds. The molecule has 1 saturated heterocycles. The molecule has 1 N–H and O–H groups in total. The van der Waals surface area contributed by atoms with E-state index in [1.807, 2.05) is 37.3 Å². The predicted octanol–water partition coefficient (Wildman–Crippen LogP) is 5.85. The van der Waals surface area contributed by atoms with E-state index in [2.05, 4.69) is 49.5 Å². The Balaban J connectivity index is 1.39. The number of nitrogens with one attached hydrogen (secondary N) is 1. The van der Waals surface area contributed by atoms with E-state index in [4.69, 9.17) is 18.9 Å². The van der Waals surface area contributed by atoms with Crippen LogP contribution in [0, 0.1) is 13.8 Å². The Morgan fingerprint density at radius 2 is 1.74 bits per heavy atom. The van der Waals surface area contributed by atoms with Gasteiger partial charge in [-0.15, -0.1) is 0 Å². The van der Waals surface area contributed by atoms with Crippen LogP contribution in [0.25, 0.3) is 11.1 Å². The van der Waals surface area contributed by atoms with E-state index in [0.717, 1.165) is 45.7 Å². The number of carbonyl (C=O) groups is 2. The lowest BCUT2D eigenvalue weighted by Crippen LogP contribution is -2.30.